The number of hydrogen-bond donors (Lipinski definition) is 1. The Balaban J connectivity index is 2.38. The molecule has 0 radical (unpaired) electrons. The zero-order chi connectivity index (χ0) is 11.0. The first-order chi connectivity index (χ1) is 7.09. The second kappa shape index (κ2) is 4.14. The van der Waals surface area contributed by atoms with Gasteiger partial charge in [-0.2, -0.15) is 0 Å². The fraction of sp³-hybridized carbons (Fsp3) is 0.300. The summed E-state index contributed by atoms with van der Waals surface area (Å²) in [6, 6.07) is 3.35. The van der Waals surface area contributed by atoms with Crippen molar-refractivity contribution in [3.63, 3.8) is 0 Å². The lowest BCUT2D eigenvalue weighted by Gasteiger charge is -2.31. The van der Waals surface area contributed by atoms with E-state index in [0.717, 1.165) is 24.0 Å². The molecule has 0 unspecified atom stereocenters. The third kappa shape index (κ3) is 2.03. The van der Waals surface area contributed by atoms with E-state index in [4.69, 9.17) is 0 Å². The minimum Gasteiger partial charge on any atom is -0.506 e. The van der Waals surface area contributed by atoms with Gasteiger partial charge in [0.2, 0.25) is 0 Å². The molecule has 1 aromatic rings. The van der Waals surface area contributed by atoms with Gasteiger partial charge in [0.25, 0.3) is 5.91 Å². The molecular weight excluding hydrogens is 326 g/mol. The van der Waals surface area contributed by atoms with E-state index in [0.29, 0.717) is 10.0 Å². The maximum absolute atomic E-state index is 11.9. The van der Waals surface area contributed by atoms with E-state index >= 15 is 0 Å². The summed E-state index contributed by atoms with van der Waals surface area (Å²) in [4.78, 5) is 13.6. The molecule has 0 spiro atoms. The van der Waals surface area contributed by atoms with Crippen LogP contribution in [0.4, 0.5) is 0 Å². The van der Waals surface area contributed by atoms with Crippen LogP contribution in [0.25, 0.3) is 0 Å². The Morgan fingerprint density at radius 1 is 1.33 bits per heavy atom. The van der Waals surface area contributed by atoms with Crippen LogP contribution in [0.5, 0.6) is 5.75 Å². The lowest BCUT2D eigenvalue weighted by molar-refractivity contribution is 0.0648. The molecule has 15 heavy (non-hydrogen) atoms. The summed E-state index contributed by atoms with van der Waals surface area (Å²) in [5, 5.41) is 9.75. The van der Waals surface area contributed by atoms with Gasteiger partial charge in [0.15, 0.2) is 0 Å². The summed E-state index contributed by atoms with van der Waals surface area (Å²) in [7, 11) is 0. The van der Waals surface area contributed by atoms with Gasteiger partial charge in [-0.05, 0) is 34.5 Å². The standard InChI is InChI=1S/C10H9Br2NO2/c11-6-4-7(9(14)8(12)5-6)10(15)13-2-1-3-13/h4-5,14H,1-3H2. The van der Waals surface area contributed by atoms with Crippen molar-refractivity contribution >= 4 is 37.8 Å². The Morgan fingerprint density at radius 2 is 2.00 bits per heavy atom. The number of likely N-dealkylation sites (tertiary alicyclic amines) is 1. The number of hydrogen-bond acceptors (Lipinski definition) is 2. The van der Waals surface area contributed by atoms with Crippen LogP contribution >= 0.6 is 31.9 Å². The fourth-order valence-electron chi connectivity index (χ4n) is 1.42. The lowest BCUT2D eigenvalue weighted by Crippen LogP contribution is -2.42. The quantitative estimate of drug-likeness (QED) is 0.858. The van der Waals surface area contributed by atoms with Crippen LogP contribution in [0.3, 0.4) is 0 Å². The van der Waals surface area contributed by atoms with Crippen LogP contribution in [0, 0.1) is 0 Å². The zero-order valence-electron chi connectivity index (χ0n) is 7.83. The molecule has 0 bridgehead atoms. The molecule has 2 rings (SSSR count). The number of halogens is 2. The number of aromatic hydroxyl groups is 1. The summed E-state index contributed by atoms with van der Waals surface area (Å²) < 4.78 is 1.30. The van der Waals surface area contributed by atoms with Crippen molar-refractivity contribution in [1.82, 2.24) is 4.90 Å². The largest absolute Gasteiger partial charge is 0.506 e. The van der Waals surface area contributed by atoms with Crippen molar-refractivity contribution < 1.29 is 9.90 Å². The smallest absolute Gasteiger partial charge is 0.257 e. The van der Waals surface area contributed by atoms with Gasteiger partial charge in [-0.15, -0.1) is 0 Å². The van der Waals surface area contributed by atoms with Gasteiger partial charge >= 0.3 is 0 Å². The number of phenolic OH excluding ortho intramolecular Hbond substituents is 1. The highest BCUT2D eigenvalue weighted by atomic mass is 79.9. The second-order valence-electron chi connectivity index (χ2n) is 3.43. The first kappa shape index (κ1) is 11.0. The molecule has 0 atom stereocenters. The fourth-order valence-corrected chi connectivity index (χ4v) is 2.64. The number of phenols is 1. The minimum atomic E-state index is -0.110. The predicted molar refractivity (Wildman–Crippen MR) is 64.0 cm³/mol. The van der Waals surface area contributed by atoms with Crippen molar-refractivity contribution in [3.8, 4) is 5.75 Å². The lowest BCUT2D eigenvalue weighted by atomic mass is 10.1. The Kier molecular flexibility index (Phi) is 3.02. The monoisotopic (exact) mass is 333 g/mol. The highest BCUT2D eigenvalue weighted by molar-refractivity contribution is 9.11. The molecule has 80 valence electrons. The maximum atomic E-state index is 11.9. The van der Waals surface area contributed by atoms with E-state index in [1.54, 1.807) is 17.0 Å². The normalized spacial score (nSPS) is 14.9. The van der Waals surface area contributed by atoms with Crippen LogP contribution in [0.1, 0.15) is 16.8 Å². The highest BCUT2D eigenvalue weighted by Crippen LogP contribution is 2.33. The Hall–Kier alpha value is -0.550. The van der Waals surface area contributed by atoms with Gasteiger partial charge < -0.3 is 10.0 Å². The third-order valence-corrected chi connectivity index (χ3v) is 3.46. The van der Waals surface area contributed by atoms with E-state index in [1.165, 1.54) is 0 Å². The first-order valence-corrected chi connectivity index (χ1v) is 6.15. The molecule has 3 nitrogen and oxygen atoms in total. The van der Waals surface area contributed by atoms with Crippen LogP contribution in [0.15, 0.2) is 21.1 Å². The molecule has 1 aromatic carbocycles. The summed E-state index contributed by atoms with van der Waals surface area (Å²) in [5.41, 5.74) is 0.343. The van der Waals surface area contributed by atoms with Crippen LogP contribution in [-0.4, -0.2) is 29.0 Å². The number of benzene rings is 1. The van der Waals surface area contributed by atoms with E-state index in [-0.39, 0.29) is 11.7 Å². The van der Waals surface area contributed by atoms with Gasteiger partial charge in [0.05, 0.1) is 10.0 Å². The second-order valence-corrected chi connectivity index (χ2v) is 5.20. The van der Waals surface area contributed by atoms with Crippen LogP contribution in [-0.2, 0) is 0 Å². The molecule has 0 saturated carbocycles. The molecule has 5 heteroatoms. The third-order valence-electron chi connectivity index (χ3n) is 2.40. The van der Waals surface area contributed by atoms with E-state index in [1.807, 2.05) is 0 Å². The molecule has 1 fully saturated rings. The number of carbonyl (C=O) groups is 1. The van der Waals surface area contributed by atoms with E-state index in [9.17, 15) is 9.90 Å². The SMILES string of the molecule is O=C(c1cc(Br)cc(Br)c1O)N1CCC1. The minimum absolute atomic E-state index is 0.00935. The molecule has 0 aromatic heterocycles. The first-order valence-electron chi connectivity index (χ1n) is 4.57. The average Bonchev–Trinajstić information content (AvgIpc) is 2.08. The number of rotatable bonds is 1. The van der Waals surface area contributed by atoms with Gasteiger partial charge in [0.1, 0.15) is 5.75 Å². The van der Waals surface area contributed by atoms with Gasteiger partial charge in [0, 0.05) is 17.6 Å². The van der Waals surface area contributed by atoms with Crippen molar-refractivity contribution in [2.45, 2.75) is 6.42 Å². The van der Waals surface area contributed by atoms with E-state index < -0.39 is 0 Å². The van der Waals surface area contributed by atoms with Gasteiger partial charge in [-0.25, -0.2) is 0 Å². The average molecular weight is 335 g/mol. The van der Waals surface area contributed by atoms with Crippen LogP contribution < -0.4 is 0 Å². The van der Waals surface area contributed by atoms with Crippen molar-refractivity contribution in [2.75, 3.05) is 13.1 Å². The highest BCUT2D eigenvalue weighted by Gasteiger charge is 2.24. The molecule has 1 aliphatic rings. The molecular formula is C10H9Br2NO2. The van der Waals surface area contributed by atoms with Crippen molar-refractivity contribution in [2.24, 2.45) is 0 Å². The van der Waals surface area contributed by atoms with Crippen molar-refractivity contribution in [1.29, 1.82) is 0 Å². The number of nitrogens with zero attached hydrogens (tertiary/aromatic N) is 1. The van der Waals surface area contributed by atoms with Crippen LogP contribution in [0.2, 0.25) is 0 Å². The Morgan fingerprint density at radius 3 is 2.53 bits per heavy atom. The summed E-state index contributed by atoms with van der Waals surface area (Å²) in [6.45, 7) is 1.56. The molecule has 1 heterocycles. The van der Waals surface area contributed by atoms with Gasteiger partial charge in [-0.3, -0.25) is 4.79 Å². The zero-order valence-corrected chi connectivity index (χ0v) is 11.0. The molecule has 1 N–H and O–H groups in total. The molecule has 1 amide bonds. The predicted octanol–water partition coefficient (Wildman–Crippen LogP) is 2.76. The topological polar surface area (TPSA) is 40.5 Å². The summed E-state index contributed by atoms with van der Waals surface area (Å²) in [6.07, 6.45) is 1.04. The maximum Gasteiger partial charge on any atom is 0.257 e. The summed E-state index contributed by atoms with van der Waals surface area (Å²) >= 11 is 6.50. The summed E-state index contributed by atoms with van der Waals surface area (Å²) in [5.74, 6) is -0.101. The molecule has 1 saturated heterocycles. The molecule has 0 aliphatic carbocycles. The Bertz CT molecular complexity index is 416. The van der Waals surface area contributed by atoms with Gasteiger partial charge in [-0.1, -0.05) is 15.9 Å². The molecule has 1 aliphatic heterocycles. The number of carbonyl (C=O) groups excluding carboxylic acids is 1. The Labute approximate surface area is 104 Å². The van der Waals surface area contributed by atoms with Crippen molar-refractivity contribution in [3.05, 3.63) is 26.6 Å². The van der Waals surface area contributed by atoms with E-state index in [2.05, 4.69) is 31.9 Å². The number of amides is 1.